The van der Waals surface area contributed by atoms with E-state index in [0.717, 1.165) is 30.8 Å². The van der Waals surface area contributed by atoms with Gasteiger partial charge in [0.2, 0.25) is 0 Å². The molecule has 5 heterocycles. The number of hydrogen-bond acceptors (Lipinski definition) is 5. The number of carbonyl (C=O) groups excluding carboxylic acids is 1. The van der Waals surface area contributed by atoms with Gasteiger partial charge in [0.05, 0.1) is 29.3 Å². The zero-order chi connectivity index (χ0) is 20.0. The molecule has 1 atom stereocenters. The fraction of sp³-hybridized carbons (Fsp3) is 0.238. The van der Waals surface area contributed by atoms with Gasteiger partial charge in [-0.25, -0.2) is 9.78 Å². The van der Waals surface area contributed by atoms with Crippen molar-refractivity contribution in [2.24, 2.45) is 7.05 Å². The van der Waals surface area contributed by atoms with E-state index in [9.17, 15) is 9.59 Å². The minimum Gasteiger partial charge on any atom is -0.366 e. The number of nitrogens with zero attached hydrogens (tertiary/aromatic N) is 5. The Bertz CT molecular complexity index is 1140. The Labute approximate surface area is 167 Å². The molecule has 0 aliphatic carbocycles. The lowest BCUT2D eigenvalue weighted by molar-refractivity contribution is 0.255. The van der Waals surface area contributed by atoms with E-state index in [4.69, 9.17) is 4.98 Å². The normalized spacial score (nSPS) is 17.2. The summed E-state index contributed by atoms with van der Waals surface area (Å²) >= 11 is 0. The minimum absolute atomic E-state index is 0.0607. The van der Waals surface area contributed by atoms with Crippen LogP contribution in [0.4, 0.5) is 22.0 Å². The molecular weight excluding hydrogens is 368 g/mol. The average molecular weight is 388 g/mol. The fourth-order valence-corrected chi connectivity index (χ4v) is 3.96. The van der Waals surface area contributed by atoms with Crippen molar-refractivity contribution < 1.29 is 4.79 Å². The molecule has 8 heteroatoms. The molecular formula is C21H20N6O2. The van der Waals surface area contributed by atoms with Crippen molar-refractivity contribution in [2.45, 2.75) is 12.5 Å². The van der Waals surface area contributed by atoms with Crippen LogP contribution in [0.3, 0.4) is 0 Å². The zero-order valence-electron chi connectivity index (χ0n) is 15.9. The van der Waals surface area contributed by atoms with Gasteiger partial charge >= 0.3 is 6.03 Å². The Balaban J connectivity index is 1.55. The van der Waals surface area contributed by atoms with Gasteiger partial charge in [0, 0.05) is 44.2 Å². The summed E-state index contributed by atoms with van der Waals surface area (Å²) in [6, 6.07) is 10.7. The third-order valence-electron chi connectivity index (χ3n) is 5.48. The van der Waals surface area contributed by atoms with Crippen molar-refractivity contribution in [1.29, 1.82) is 0 Å². The van der Waals surface area contributed by atoms with E-state index < -0.39 is 0 Å². The van der Waals surface area contributed by atoms with E-state index in [0.29, 0.717) is 17.2 Å². The Morgan fingerprint density at radius 1 is 1.24 bits per heavy atom. The lowest BCUT2D eigenvalue weighted by Crippen LogP contribution is -2.48. The van der Waals surface area contributed by atoms with Gasteiger partial charge in [0.1, 0.15) is 0 Å². The van der Waals surface area contributed by atoms with Gasteiger partial charge in [-0.2, -0.15) is 0 Å². The molecule has 1 fully saturated rings. The second-order valence-electron chi connectivity index (χ2n) is 7.33. The number of carbonyl (C=O) groups is 1. The quantitative estimate of drug-likeness (QED) is 0.729. The average Bonchev–Trinajstić information content (AvgIpc) is 3.15. The summed E-state index contributed by atoms with van der Waals surface area (Å²) < 4.78 is 1.52. The van der Waals surface area contributed by atoms with Crippen LogP contribution in [0.15, 0.2) is 59.8 Å². The highest BCUT2D eigenvalue weighted by atomic mass is 16.2. The molecule has 0 unspecified atom stereocenters. The van der Waals surface area contributed by atoms with Gasteiger partial charge in [0.25, 0.3) is 5.56 Å². The predicted molar refractivity (Wildman–Crippen MR) is 111 cm³/mol. The van der Waals surface area contributed by atoms with Crippen LogP contribution in [0.25, 0.3) is 11.3 Å². The molecule has 2 bridgehead atoms. The van der Waals surface area contributed by atoms with Crippen molar-refractivity contribution in [1.82, 2.24) is 14.5 Å². The SMILES string of the molecule is Cn1ccc(-c2ccc3c(n2)N(C(=O)Nc2cccnc2)[C@@H]2CCN3C2)cc1=O. The van der Waals surface area contributed by atoms with Crippen molar-refractivity contribution in [3.8, 4) is 11.3 Å². The molecule has 2 aliphatic rings. The molecule has 1 N–H and O–H groups in total. The summed E-state index contributed by atoms with van der Waals surface area (Å²) in [7, 11) is 1.71. The van der Waals surface area contributed by atoms with E-state index in [1.54, 1.807) is 48.7 Å². The Morgan fingerprint density at radius 3 is 2.93 bits per heavy atom. The summed E-state index contributed by atoms with van der Waals surface area (Å²) in [6.07, 6.45) is 5.89. The second kappa shape index (κ2) is 6.73. The molecule has 8 nitrogen and oxygen atoms in total. The molecule has 0 spiro atoms. The van der Waals surface area contributed by atoms with Crippen molar-refractivity contribution >= 4 is 23.2 Å². The molecule has 2 aliphatic heterocycles. The minimum atomic E-state index is -0.223. The maximum atomic E-state index is 13.1. The number of urea groups is 1. The fourth-order valence-electron chi connectivity index (χ4n) is 3.96. The molecule has 146 valence electrons. The third-order valence-corrected chi connectivity index (χ3v) is 5.48. The van der Waals surface area contributed by atoms with Crippen LogP contribution in [-0.2, 0) is 7.05 Å². The van der Waals surface area contributed by atoms with Gasteiger partial charge in [-0.1, -0.05) is 0 Å². The number of aromatic nitrogens is 3. The molecule has 29 heavy (non-hydrogen) atoms. The van der Waals surface area contributed by atoms with Gasteiger partial charge in [-0.05, 0) is 36.8 Å². The number of fused-ring (bicyclic) bond motifs is 4. The molecule has 0 saturated carbocycles. The first-order valence-electron chi connectivity index (χ1n) is 9.53. The molecule has 5 rings (SSSR count). The van der Waals surface area contributed by atoms with Gasteiger partial charge < -0.3 is 14.8 Å². The van der Waals surface area contributed by atoms with Gasteiger partial charge in [-0.3, -0.25) is 14.7 Å². The van der Waals surface area contributed by atoms with Crippen molar-refractivity contribution in [2.75, 3.05) is 28.2 Å². The lowest BCUT2D eigenvalue weighted by atomic mass is 10.1. The second-order valence-corrected chi connectivity index (χ2v) is 7.33. The van der Waals surface area contributed by atoms with E-state index in [1.807, 2.05) is 18.2 Å². The maximum absolute atomic E-state index is 13.1. The van der Waals surface area contributed by atoms with Crippen LogP contribution in [0.5, 0.6) is 0 Å². The largest absolute Gasteiger partial charge is 0.366 e. The van der Waals surface area contributed by atoms with Crippen LogP contribution >= 0.6 is 0 Å². The first-order chi connectivity index (χ1) is 14.1. The smallest absolute Gasteiger partial charge is 0.327 e. The highest BCUT2D eigenvalue weighted by Gasteiger charge is 2.40. The molecule has 3 aromatic heterocycles. The van der Waals surface area contributed by atoms with Gasteiger partial charge in [0.15, 0.2) is 5.82 Å². The van der Waals surface area contributed by atoms with E-state index in [2.05, 4.69) is 15.2 Å². The highest BCUT2D eigenvalue weighted by Crippen LogP contribution is 2.40. The summed E-state index contributed by atoms with van der Waals surface area (Å²) in [4.78, 5) is 38.0. The Morgan fingerprint density at radius 2 is 2.14 bits per heavy atom. The topological polar surface area (TPSA) is 83.4 Å². The zero-order valence-corrected chi connectivity index (χ0v) is 15.9. The van der Waals surface area contributed by atoms with E-state index >= 15 is 0 Å². The molecule has 3 aromatic rings. The molecule has 1 saturated heterocycles. The van der Waals surface area contributed by atoms with Crippen LogP contribution in [0.1, 0.15) is 6.42 Å². The molecule has 0 radical (unpaired) electrons. The summed E-state index contributed by atoms with van der Waals surface area (Å²) in [5.41, 5.74) is 2.88. The number of rotatable bonds is 2. The standard InChI is InChI=1S/C21H20N6O2/c1-25-9-6-14(11-19(25)28)17-4-5-18-20(24-17)27(16-7-10-26(18)13-16)21(29)23-15-3-2-8-22-12-15/h2-6,8-9,11-12,16H,7,10,13H2,1H3,(H,23,29)/t16-/m1/s1. The third kappa shape index (κ3) is 3.02. The van der Waals surface area contributed by atoms with Crippen LogP contribution in [0.2, 0.25) is 0 Å². The summed E-state index contributed by atoms with van der Waals surface area (Å²) in [6.45, 7) is 1.68. The number of aryl methyl sites for hydroxylation is 1. The number of pyridine rings is 3. The van der Waals surface area contributed by atoms with E-state index in [-0.39, 0.29) is 17.6 Å². The molecule has 0 aromatic carbocycles. The predicted octanol–water partition coefficient (Wildman–Crippen LogP) is 2.47. The van der Waals surface area contributed by atoms with Crippen molar-refractivity contribution in [3.05, 3.63) is 65.3 Å². The van der Waals surface area contributed by atoms with Crippen LogP contribution in [0, 0.1) is 0 Å². The van der Waals surface area contributed by atoms with Crippen LogP contribution < -0.4 is 20.7 Å². The van der Waals surface area contributed by atoms with Crippen LogP contribution in [-0.4, -0.2) is 39.7 Å². The Hall–Kier alpha value is -3.68. The van der Waals surface area contributed by atoms with Gasteiger partial charge in [-0.15, -0.1) is 0 Å². The molecule has 2 amide bonds. The summed E-state index contributed by atoms with van der Waals surface area (Å²) in [5, 5.41) is 2.92. The maximum Gasteiger partial charge on any atom is 0.327 e. The lowest BCUT2D eigenvalue weighted by Gasteiger charge is -2.35. The van der Waals surface area contributed by atoms with Crippen molar-refractivity contribution in [3.63, 3.8) is 0 Å². The summed E-state index contributed by atoms with van der Waals surface area (Å²) in [5.74, 6) is 0.623. The monoisotopic (exact) mass is 388 g/mol. The Kier molecular flexibility index (Phi) is 4.04. The first kappa shape index (κ1) is 17.4. The highest BCUT2D eigenvalue weighted by molar-refractivity contribution is 6.04. The number of hydrogen-bond donors (Lipinski definition) is 1. The number of nitrogens with one attached hydrogen (secondary N) is 1. The number of amides is 2. The van der Waals surface area contributed by atoms with E-state index in [1.165, 1.54) is 4.57 Å². The number of anilines is 3. The first-order valence-corrected chi connectivity index (χ1v) is 9.53.